The number of rotatable bonds is 1. The molecule has 1 amide bonds. The standard InChI is InChI=1S/C14H17FN2O2/c1-11(15)13(18)16-9-12-3-2-6-17(12)14(10-16)4-7-19-8-5-14/h2-3,6H,1,4-5,7-10H2. The molecule has 0 aliphatic carbocycles. The average Bonchev–Trinajstić information content (AvgIpc) is 2.88. The van der Waals surface area contributed by atoms with Crippen LogP contribution >= 0.6 is 0 Å². The zero-order valence-electron chi connectivity index (χ0n) is 10.8. The molecule has 0 N–H and O–H groups in total. The molecule has 0 radical (unpaired) electrons. The smallest absolute Gasteiger partial charge is 0.282 e. The van der Waals surface area contributed by atoms with E-state index in [1.54, 1.807) is 4.90 Å². The van der Waals surface area contributed by atoms with Crippen molar-refractivity contribution in [1.29, 1.82) is 0 Å². The van der Waals surface area contributed by atoms with Crippen LogP contribution in [0.2, 0.25) is 0 Å². The third-order valence-electron chi connectivity index (χ3n) is 4.13. The highest BCUT2D eigenvalue weighted by atomic mass is 19.1. The molecular weight excluding hydrogens is 247 g/mol. The molecular formula is C14H17FN2O2. The summed E-state index contributed by atoms with van der Waals surface area (Å²) in [6, 6.07) is 3.96. The molecule has 0 unspecified atom stereocenters. The fraction of sp³-hybridized carbons (Fsp3) is 0.500. The van der Waals surface area contributed by atoms with Crippen molar-refractivity contribution >= 4 is 5.91 Å². The molecule has 1 fully saturated rings. The second-order valence-electron chi connectivity index (χ2n) is 5.27. The van der Waals surface area contributed by atoms with Gasteiger partial charge in [0.25, 0.3) is 5.91 Å². The lowest BCUT2D eigenvalue weighted by molar-refractivity contribution is -0.133. The fourth-order valence-electron chi connectivity index (χ4n) is 3.16. The molecule has 5 heteroatoms. The van der Waals surface area contributed by atoms with Gasteiger partial charge in [-0.2, -0.15) is 0 Å². The molecule has 0 bridgehead atoms. The predicted molar refractivity (Wildman–Crippen MR) is 68.1 cm³/mol. The molecule has 0 aromatic carbocycles. The summed E-state index contributed by atoms with van der Waals surface area (Å²) >= 11 is 0. The quantitative estimate of drug-likeness (QED) is 0.725. The highest BCUT2D eigenvalue weighted by Crippen LogP contribution is 2.36. The lowest BCUT2D eigenvalue weighted by Gasteiger charge is -2.46. The predicted octanol–water partition coefficient (Wildman–Crippen LogP) is 1.82. The molecule has 2 aliphatic rings. The van der Waals surface area contributed by atoms with E-state index in [1.165, 1.54) is 0 Å². The lowest BCUT2D eigenvalue weighted by atomic mass is 9.87. The SMILES string of the molecule is C=C(F)C(=O)N1Cc2cccn2C2(CCOCC2)C1. The van der Waals surface area contributed by atoms with E-state index in [4.69, 9.17) is 4.74 Å². The molecule has 1 spiro atoms. The van der Waals surface area contributed by atoms with E-state index in [2.05, 4.69) is 11.1 Å². The summed E-state index contributed by atoms with van der Waals surface area (Å²) < 4.78 is 20.8. The van der Waals surface area contributed by atoms with E-state index in [0.29, 0.717) is 26.3 Å². The molecule has 0 saturated carbocycles. The summed E-state index contributed by atoms with van der Waals surface area (Å²) in [5.41, 5.74) is 0.892. The lowest BCUT2D eigenvalue weighted by Crippen LogP contribution is -2.54. The number of fused-ring (bicyclic) bond motifs is 2. The Bertz CT molecular complexity index is 517. The van der Waals surface area contributed by atoms with Crippen LogP contribution in [0.1, 0.15) is 18.5 Å². The van der Waals surface area contributed by atoms with Gasteiger partial charge in [0.15, 0.2) is 5.83 Å². The third kappa shape index (κ3) is 1.98. The first-order valence-electron chi connectivity index (χ1n) is 6.51. The highest BCUT2D eigenvalue weighted by molar-refractivity contribution is 5.90. The number of halogens is 1. The number of hydrogen-bond donors (Lipinski definition) is 0. The van der Waals surface area contributed by atoms with E-state index in [1.807, 2.05) is 18.3 Å². The van der Waals surface area contributed by atoms with E-state index >= 15 is 0 Å². The maximum atomic E-state index is 13.1. The van der Waals surface area contributed by atoms with Crippen LogP contribution in [0.15, 0.2) is 30.7 Å². The van der Waals surface area contributed by atoms with Gasteiger partial charge in [-0.05, 0) is 25.0 Å². The Labute approximate surface area is 111 Å². The summed E-state index contributed by atoms with van der Waals surface area (Å²) in [5, 5.41) is 0. The summed E-state index contributed by atoms with van der Waals surface area (Å²) in [5.74, 6) is -1.49. The van der Waals surface area contributed by atoms with Gasteiger partial charge in [-0.25, -0.2) is 4.39 Å². The molecule has 2 aliphatic heterocycles. The number of ether oxygens (including phenoxy) is 1. The van der Waals surface area contributed by atoms with Crippen LogP contribution < -0.4 is 0 Å². The van der Waals surface area contributed by atoms with Crippen molar-refractivity contribution in [3.05, 3.63) is 36.4 Å². The number of amides is 1. The first-order valence-corrected chi connectivity index (χ1v) is 6.51. The third-order valence-corrected chi connectivity index (χ3v) is 4.13. The second kappa shape index (κ2) is 4.49. The monoisotopic (exact) mass is 264 g/mol. The van der Waals surface area contributed by atoms with E-state index < -0.39 is 11.7 Å². The topological polar surface area (TPSA) is 34.5 Å². The van der Waals surface area contributed by atoms with Crippen LogP contribution in [0.25, 0.3) is 0 Å². The summed E-state index contributed by atoms with van der Waals surface area (Å²) in [6.07, 6.45) is 3.74. The van der Waals surface area contributed by atoms with Crippen LogP contribution in [-0.4, -0.2) is 35.1 Å². The van der Waals surface area contributed by atoms with Gasteiger partial charge in [0.05, 0.1) is 12.1 Å². The highest BCUT2D eigenvalue weighted by Gasteiger charge is 2.41. The molecule has 1 aromatic heterocycles. The summed E-state index contributed by atoms with van der Waals surface area (Å²) in [4.78, 5) is 13.4. The minimum Gasteiger partial charge on any atom is -0.381 e. The Hall–Kier alpha value is -1.62. The largest absolute Gasteiger partial charge is 0.381 e. The van der Waals surface area contributed by atoms with Gasteiger partial charge in [0, 0.05) is 31.6 Å². The van der Waals surface area contributed by atoms with Crippen molar-refractivity contribution in [2.75, 3.05) is 19.8 Å². The van der Waals surface area contributed by atoms with Crippen molar-refractivity contribution in [3.63, 3.8) is 0 Å². The first kappa shape index (κ1) is 12.4. The maximum absolute atomic E-state index is 13.1. The molecule has 1 aromatic rings. The molecule has 0 atom stereocenters. The molecule has 102 valence electrons. The van der Waals surface area contributed by atoms with Crippen molar-refractivity contribution in [1.82, 2.24) is 9.47 Å². The zero-order chi connectivity index (χ0) is 13.5. The van der Waals surface area contributed by atoms with Gasteiger partial charge in [-0.3, -0.25) is 4.79 Å². The Balaban J connectivity index is 1.96. The van der Waals surface area contributed by atoms with Crippen LogP contribution in [0, 0.1) is 0 Å². The van der Waals surface area contributed by atoms with E-state index in [0.717, 1.165) is 18.5 Å². The average molecular weight is 264 g/mol. The van der Waals surface area contributed by atoms with Gasteiger partial charge < -0.3 is 14.2 Å². The van der Waals surface area contributed by atoms with Crippen LogP contribution in [0.3, 0.4) is 0 Å². The summed E-state index contributed by atoms with van der Waals surface area (Å²) in [7, 11) is 0. The van der Waals surface area contributed by atoms with Crippen LogP contribution in [0.5, 0.6) is 0 Å². The molecule has 3 heterocycles. The molecule has 3 rings (SSSR count). The van der Waals surface area contributed by atoms with Gasteiger partial charge in [0.2, 0.25) is 0 Å². The maximum Gasteiger partial charge on any atom is 0.282 e. The second-order valence-corrected chi connectivity index (χ2v) is 5.27. The van der Waals surface area contributed by atoms with Crippen molar-refractivity contribution < 1.29 is 13.9 Å². The van der Waals surface area contributed by atoms with Crippen molar-refractivity contribution in [3.8, 4) is 0 Å². The molecule has 19 heavy (non-hydrogen) atoms. The van der Waals surface area contributed by atoms with Gasteiger partial charge >= 0.3 is 0 Å². The number of carbonyl (C=O) groups is 1. The Morgan fingerprint density at radius 3 is 2.84 bits per heavy atom. The van der Waals surface area contributed by atoms with Crippen molar-refractivity contribution in [2.24, 2.45) is 0 Å². The minimum atomic E-state index is -0.887. The summed E-state index contributed by atoms with van der Waals surface area (Å²) in [6.45, 7) is 5.44. The molecule has 4 nitrogen and oxygen atoms in total. The molecule has 1 saturated heterocycles. The van der Waals surface area contributed by atoms with Gasteiger partial charge in [0.1, 0.15) is 0 Å². The Morgan fingerprint density at radius 1 is 1.42 bits per heavy atom. The Kier molecular flexibility index (Phi) is 2.93. The number of nitrogens with zero attached hydrogens (tertiary/aromatic N) is 2. The normalized spacial score (nSPS) is 21.2. The minimum absolute atomic E-state index is 0.152. The number of carbonyl (C=O) groups excluding carboxylic acids is 1. The zero-order valence-corrected chi connectivity index (χ0v) is 10.8. The van der Waals surface area contributed by atoms with E-state index in [9.17, 15) is 9.18 Å². The number of hydrogen-bond acceptors (Lipinski definition) is 2. The first-order chi connectivity index (χ1) is 9.12. The van der Waals surface area contributed by atoms with Crippen molar-refractivity contribution in [2.45, 2.75) is 24.9 Å². The van der Waals surface area contributed by atoms with Gasteiger partial charge in [-0.15, -0.1) is 0 Å². The van der Waals surface area contributed by atoms with Gasteiger partial charge in [-0.1, -0.05) is 6.58 Å². The van der Waals surface area contributed by atoms with E-state index in [-0.39, 0.29) is 5.54 Å². The fourth-order valence-corrected chi connectivity index (χ4v) is 3.16. The number of aromatic nitrogens is 1. The Morgan fingerprint density at radius 2 is 2.16 bits per heavy atom. The van der Waals surface area contributed by atoms with Crippen LogP contribution in [-0.2, 0) is 21.6 Å². The van der Waals surface area contributed by atoms with Crippen LogP contribution in [0.4, 0.5) is 4.39 Å².